The van der Waals surface area contributed by atoms with E-state index in [9.17, 15) is 4.39 Å². The lowest BCUT2D eigenvalue weighted by molar-refractivity contribution is 0.460. The number of halogens is 2. The van der Waals surface area contributed by atoms with Crippen molar-refractivity contribution in [1.82, 2.24) is 5.32 Å². The summed E-state index contributed by atoms with van der Waals surface area (Å²) in [6, 6.07) is 13.3. The lowest BCUT2D eigenvalue weighted by atomic mass is 9.88. The molecular formula is C17H17ClFNS. The molecule has 2 unspecified atom stereocenters. The minimum Gasteiger partial charge on any atom is -0.310 e. The molecule has 2 aromatic carbocycles. The van der Waals surface area contributed by atoms with Crippen LogP contribution in [-0.2, 0) is 0 Å². The van der Waals surface area contributed by atoms with Crippen LogP contribution in [0.5, 0.6) is 0 Å². The van der Waals surface area contributed by atoms with Crippen LogP contribution < -0.4 is 5.32 Å². The highest BCUT2D eigenvalue weighted by atomic mass is 35.5. The highest BCUT2D eigenvalue weighted by Gasteiger charge is 2.32. The maximum Gasteiger partial charge on any atom is 0.129 e. The molecule has 0 bridgehead atoms. The molecule has 21 heavy (non-hydrogen) atoms. The summed E-state index contributed by atoms with van der Waals surface area (Å²) < 4.78 is 14.3. The molecular weight excluding hydrogens is 305 g/mol. The fourth-order valence-electron chi connectivity index (χ4n) is 2.91. The first kappa shape index (κ1) is 14.9. The van der Waals surface area contributed by atoms with Crippen molar-refractivity contribution in [2.75, 3.05) is 12.3 Å². The standard InChI is InChI=1S/C17H17ClFNS/c1-2-20-17(13-8-7-11(18)9-15(13)19)14-10-21-16-6-4-3-5-12(14)16/h3-9,14,17,20H,2,10H2,1H3. The highest BCUT2D eigenvalue weighted by Crippen LogP contribution is 2.45. The van der Waals surface area contributed by atoms with Crippen molar-refractivity contribution in [3.8, 4) is 0 Å². The second-order valence-corrected chi connectivity index (χ2v) is 6.65. The van der Waals surface area contributed by atoms with E-state index in [2.05, 4.69) is 36.5 Å². The molecule has 1 nitrogen and oxygen atoms in total. The fraction of sp³-hybridized carbons (Fsp3) is 0.294. The Hall–Kier alpha value is -1.03. The van der Waals surface area contributed by atoms with Crippen molar-refractivity contribution in [3.05, 3.63) is 64.4 Å². The summed E-state index contributed by atoms with van der Waals surface area (Å²) in [6.45, 7) is 2.85. The molecule has 0 amide bonds. The van der Waals surface area contributed by atoms with Crippen LogP contribution in [0.4, 0.5) is 4.39 Å². The Morgan fingerprint density at radius 1 is 1.33 bits per heavy atom. The van der Waals surface area contributed by atoms with Crippen LogP contribution in [0.15, 0.2) is 47.4 Å². The Bertz CT molecular complexity index is 646. The molecule has 1 aliphatic rings. The number of hydrogen-bond acceptors (Lipinski definition) is 2. The summed E-state index contributed by atoms with van der Waals surface area (Å²) in [5, 5.41) is 3.88. The second kappa shape index (κ2) is 6.39. The van der Waals surface area contributed by atoms with Crippen molar-refractivity contribution in [3.63, 3.8) is 0 Å². The van der Waals surface area contributed by atoms with Crippen LogP contribution in [0.25, 0.3) is 0 Å². The van der Waals surface area contributed by atoms with Crippen molar-refractivity contribution >= 4 is 23.4 Å². The Morgan fingerprint density at radius 2 is 2.14 bits per heavy atom. The van der Waals surface area contributed by atoms with Crippen molar-refractivity contribution in [2.45, 2.75) is 23.8 Å². The monoisotopic (exact) mass is 321 g/mol. The molecule has 1 N–H and O–H groups in total. The number of hydrogen-bond donors (Lipinski definition) is 1. The van der Waals surface area contributed by atoms with Gasteiger partial charge < -0.3 is 5.32 Å². The van der Waals surface area contributed by atoms with E-state index in [-0.39, 0.29) is 17.8 Å². The number of rotatable bonds is 4. The van der Waals surface area contributed by atoms with Gasteiger partial charge in [-0.1, -0.05) is 42.8 Å². The SMILES string of the molecule is CCNC(c1ccc(Cl)cc1F)C1CSc2ccccc21. The average molecular weight is 322 g/mol. The molecule has 0 aliphatic carbocycles. The number of benzene rings is 2. The van der Waals surface area contributed by atoms with E-state index in [4.69, 9.17) is 11.6 Å². The molecule has 2 aromatic rings. The molecule has 2 atom stereocenters. The van der Waals surface area contributed by atoms with Gasteiger partial charge in [0.15, 0.2) is 0 Å². The fourth-order valence-corrected chi connectivity index (χ4v) is 4.36. The lowest BCUT2D eigenvalue weighted by Crippen LogP contribution is -2.28. The second-order valence-electron chi connectivity index (χ2n) is 5.16. The molecule has 0 radical (unpaired) electrons. The highest BCUT2D eigenvalue weighted by molar-refractivity contribution is 7.99. The normalized spacial score (nSPS) is 18.5. The predicted molar refractivity (Wildman–Crippen MR) is 87.7 cm³/mol. The molecule has 3 rings (SSSR count). The first-order valence-corrected chi connectivity index (χ1v) is 8.47. The van der Waals surface area contributed by atoms with Gasteiger partial charge >= 0.3 is 0 Å². The summed E-state index contributed by atoms with van der Waals surface area (Å²) in [5.74, 6) is 1.02. The van der Waals surface area contributed by atoms with Crippen LogP contribution in [0, 0.1) is 5.82 Å². The average Bonchev–Trinajstić information content (AvgIpc) is 2.89. The molecule has 1 aliphatic heterocycles. The summed E-state index contributed by atoms with van der Waals surface area (Å²) in [5.41, 5.74) is 2.01. The van der Waals surface area contributed by atoms with Crippen molar-refractivity contribution in [1.29, 1.82) is 0 Å². The third-order valence-electron chi connectivity index (χ3n) is 3.86. The van der Waals surface area contributed by atoms with E-state index in [0.29, 0.717) is 10.6 Å². The van der Waals surface area contributed by atoms with Crippen LogP contribution >= 0.6 is 23.4 Å². The number of nitrogens with one attached hydrogen (secondary N) is 1. The van der Waals surface area contributed by atoms with E-state index < -0.39 is 0 Å². The van der Waals surface area contributed by atoms with Gasteiger partial charge in [-0.05, 0) is 30.3 Å². The van der Waals surface area contributed by atoms with Gasteiger partial charge in [0.05, 0.1) is 0 Å². The number of likely N-dealkylation sites (N-methyl/N-ethyl adjacent to an activating group) is 1. The minimum atomic E-state index is -0.233. The third-order valence-corrected chi connectivity index (χ3v) is 5.30. The van der Waals surface area contributed by atoms with E-state index >= 15 is 0 Å². The smallest absolute Gasteiger partial charge is 0.129 e. The molecule has 110 valence electrons. The number of fused-ring (bicyclic) bond motifs is 1. The summed E-state index contributed by atoms with van der Waals surface area (Å²) in [4.78, 5) is 1.31. The van der Waals surface area contributed by atoms with E-state index in [1.807, 2.05) is 11.8 Å². The predicted octanol–water partition coefficient (Wildman–Crippen LogP) is 5.02. The summed E-state index contributed by atoms with van der Waals surface area (Å²) in [6.07, 6.45) is 0. The van der Waals surface area contributed by atoms with Crippen molar-refractivity contribution < 1.29 is 4.39 Å². The topological polar surface area (TPSA) is 12.0 Å². The quantitative estimate of drug-likeness (QED) is 0.848. The van der Waals surface area contributed by atoms with Crippen LogP contribution in [0.3, 0.4) is 0 Å². The molecule has 0 aromatic heterocycles. The Balaban J connectivity index is 1.99. The van der Waals surface area contributed by atoms with Gasteiger partial charge in [0.25, 0.3) is 0 Å². The van der Waals surface area contributed by atoms with Crippen LogP contribution in [0.2, 0.25) is 5.02 Å². The maximum atomic E-state index is 14.3. The minimum absolute atomic E-state index is 0.0246. The van der Waals surface area contributed by atoms with E-state index in [1.54, 1.807) is 12.1 Å². The van der Waals surface area contributed by atoms with Crippen LogP contribution in [-0.4, -0.2) is 12.3 Å². The van der Waals surface area contributed by atoms with Crippen molar-refractivity contribution in [2.24, 2.45) is 0 Å². The third kappa shape index (κ3) is 2.96. The molecule has 1 heterocycles. The molecule has 0 saturated heterocycles. The lowest BCUT2D eigenvalue weighted by Gasteiger charge is -2.26. The van der Waals surface area contributed by atoms with Gasteiger partial charge in [-0.25, -0.2) is 4.39 Å². The molecule has 0 fully saturated rings. The zero-order chi connectivity index (χ0) is 14.8. The first-order valence-electron chi connectivity index (χ1n) is 7.10. The maximum absolute atomic E-state index is 14.3. The zero-order valence-corrected chi connectivity index (χ0v) is 13.3. The summed E-state index contributed by atoms with van der Waals surface area (Å²) >= 11 is 7.72. The van der Waals surface area contributed by atoms with Gasteiger partial charge in [-0.2, -0.15) is 0 Å². The molecule has 0 spiro atoms. The molecule has 4 heteroatoms. The van der Waals surface area contributed by atoms with Gasteiger partial charge in [0.1, 0.15) is 5.82 Å². The number of thioether (sulfide) groups is 1. The van der Waals surface area contributed by atoms with E-state index in [1.165, 1.54) is 16.5 Å². The van der Waals surface area contributed by atoms with Gasteiger partial charge in [0.2, 0.25) is 0 Å². The van der Waals surface area contributed by atoms with Crippen LogP contribution in [0.1, 0.15) is 30.0 Å². The Morgan fingerprint density at radius 3 is 2.90 bits per heavy atom. The van der Waals surface area contributed by atoms with Gasteiger partial charge in [-0.15, -0.1) is 11.8 Å². The largest absolute Gasteiger partial charge is 0.310 e. The summed E-state index contributed by atoms with van der Waals surface area (Å²) in [7, 11) is 0. The first-order chi connectivity index (χ1) is 10.2. The Labute approximate surface area is 133 Å². The Kier molecular flexibility index (Phi) is 4.53. The zero-order valence-electron chi connectivity index (χ0n) is 11.8. The van der Waals surface area contributed by atoms with E-state index in [0.717, 1.165) is 12.3 Å². The molecule has 0 saturated carbocycles. The van der Waals surface area contributed by atoms with Gasteiger partial charge in [0, 0.05) is 33.2 Å². The van der Waals surface area contributed by atoms with Gasteiger partial charge in [-0.3, -0.25) is 0 Å².